The molecule has 0 spiro atoms. The Kier molecular flexibility index (Phi) is 4.66. The lowest BCUT2D eigenvalue weighted by molar-refractivity contribution is -0.109. The molecule has 2 N–H and O–H groups in total. The lowest BCUT2D eigenvalue weighted by Crippen LogP contribution is -2.17. The van der Waals surface area contributed by atoms with Gasteiger partial charge in [0.15, 0.2) is 5.75 Å². The number of hydrogen-bond acceptors (Lipinski definition) is 6. The third kappa shape index (κ3) is 4.32. The van der Waals surface area contributed by atoms with Crippen molar-refractivity contribution in [3.63, 3.8) is 0 Å². The van der Waals surface area contributed by atoms with Gasteiger partial charge in [-0.05, 0) is 12.1 Å². The van der Waals surface area contributed by atoms with Gasteiger partial charge in [-0.1, -0.05) is 0 Å². The number of nitrogens with one attached hydrogen (secondary N) is 2. The van der Waals surface area contributed by atoms with Gasteiger partial charge in [0, 0.05) is 24.1 Å². The van der Waals surface area contributed by atoms with Crippen LogP contribution in [0, 0.1) is 0 Å². The van der Waals surface area contributed by atoms with Gasteiger partial charge in [0.25, 0.3) is 0 Å². The van der Waals surface area contributed by atoms with Crippen LogP contribution >= 0.6 is 0 Å². The van der Waals surface area contributed by atoms with Crippen LogP contribution in [0.1, 0.15) is 5.56 Å². The van der Waals surface area contributed by atoms with E-state index in [-0.39, 0.29) is 5.69 Å². The Bertz CT molecular complexity index is 886. The van der Waals surface area contributed by atoms with Crippen LogP contribution in [-0.4, -0.2) is 27.7 Å². The van der Waals surface area contributed by atoms with Crippen molar-refractivity contribution in [2.45, 2.75) is 6.42 Å². The van der Waals surface area contributed by atoms with Crippen LogP contribution in [0.15, 0.2) is 48.3 Å². The predicted octanol–water partition coefficient (Wildman–Crippen LogP) is 1.39. The summed E-state index contributed by atoms with van der Waals surface area (Å²) >= 11 is 0. The number of sulfonamides is 1. The van der Waals surface area contributed by atoms with E-state index in [1.807, 2.05) is 0 Å². The lowest BCUT2D eigenvalue weighted by Gasteiger charge is -2.21. The second-order valence-electron chi connectivity index (χ2n) is 5.37. The molecule has 1 amide bonds. The molecule has 2 heterocycles. The largest absolute Gasteiger partial charge is 0.497 e. The minimum Gasteiger partial charge on any atom is -0.497 e. The molecule has 132 valence electrons. The second-order valence-corrected chi connectivity index (χ2v) is 7.12. The summed E-state index contributed by atoms with van der Waals surface area (Å²) in [5.74, 6) is 1.32. The lowest BCUT2D eigenvalue weighted by atomic mass is 10.1. The quantitative estimate of drug-likeness (QED) is 0.740. The van der Waals surface area contributed by atoms with Crippen LogP contribution < -0.4 is 19.5 Å². The highest BCUT2D eigenvalue weighted by atomic mass is 32.2. The zero-order chi connectivity index (χ0) is 17.9. The summed E-state index contributed by atoms with van der Waals surface area (Å²) in [6.07, 6.45) is 8.29. The molecule has 0 aliphatic carbocycles. The first-order chi connectivity index (χ1) is 11.9. The van der Waals surface area contributed by atoms with Crippen LogP contribution in [0.25, 0.3) is 0 Å². The summed E-state index contributed by atoms with van der Waals surface area (Å²) in [5.41, 5.74) is 1.59. The zero-order valence-electron chi connectivity index (χ0n) is 13.3. The molecule has 0 fully saturated rings. The first-order valence-electron chi connectivity index (χ1n) is 7.31. The van der Waals surface area contributed by atoms with E-state index in [0.29, 0.717) is 42.4 Å². The molecule has 2 aliphatic heterocycles. The third-order valence-corrected chi connectivity index (χ3v) is 3.94. The first-order valence-corrected chi connectivity index (χ1v) is 9.20. The van der Waals surface area contributed by atoms with Crippen molar-refractivity contribution in [3.05, 3.63) is 53.8 Å². The van der Waals surface area contributed by atoms with E-state index in [0.717, 1.165) is 11.8 Å². The molecule has 0 unspecified atom stereocenters. The number of hydrogen-bond donors (Lipinski definition) is 2. The van der Waals surface area contributed by atoms with Crippen LogP contribution in [0.3, 0.4) is 0 Å². The smallest absolute Gasteiger partial charge is 0.229 e. The monoisotopic (exact) mass is 364 g/mol. The van der Waals surface area contributed by atoms with Gasteiger partial charge in [-0.25, -0.2) is 8.42 Å². The molecule has 1 aromatic carbocycles. The van der Waals surface area contributed by atoms with Crippen molar-refractivity contribution in [3.8, 4) is 11.5 Å². The van der Waals surface area contributed by atoms with E-state index in [1.54, 1.807) is 24.3 Å². The van der Waals surface area contributed by atoms with Crippen molar-refractivity contribution >= 4 is 22.1 Å². The molecule has 0 saturated carbocycles. The summed E-state index contributed by atoms with van der Waals surface area (Å²) in [7, 11) is -3.51. The fourth-order valence-corrected chi connectivity index (χ4v) is 2.89. The maximum atomic E-state index is 11.6. The van der Waals surface area contributed by atoms with E-state index in [9.17, 15) is 13.2 Å². The molecule has 9 heteroatoms. The molecule has 25 heavy (non-hydrogen) atoms. The summed E-state index contributed by atoms with van der Waals surface area (Å²) in [6.45, 7) is 0.366. The Labute approximate surface area is 144 Å². The molecule has 0 aromatic heterocycles. The number of fused-ring (bicyclic) bond motifs is 1. The molecule has 0 radical (unpaired) electrons. The van der Waals surface area contributed by atoms with Crippen LogP contribution in [-0.2, 0) is 26.0 Å². The topological polar surface area (TPSA) is 103 Å². The Hall–Kier alpha value is -2.94. The Balaban J connectivity index is 1.96. The number of amides is 1. The number of ether oxygens (including phenoxy) is 3. The summed E-state index contributed by atoms with van der Waals surface area (Å²) < 4.78 is 42.0. The molecule has 2 aliphatic rings. The van der Waals surface area contributed by atoms with E-state index in [1.165, 1.54) is 12.5 Å². The fourth-order valence-electron chi connectivity index (χ4n) is 2.33. The van der Waals surface area contributed by atoms with Crippen LogP contribution in [0.4, 0.5) is 5.69 Å². The first kappa shape index (κ1) is 16.9. The molecule has 0 atom stereocenters. The number of carbonyl (C=O) groups is 1. The van der Waals surface area contributed by atoms with E-state index in [2.05, 4.69) is 10.0 Å². The van der Waals surface area contributed by atoms with E-state index in [4.69, 9.17) is 14.2 Å². The molecule has 0 saturated heterocycles. The molecular formula is C16H16N2O6S. The van der Waals surface area contributed by atoms with Gasteiger partial charge in [-0.3, -0.25) is 9.52 Å². The summed E-state index contributed by atoms with van der Waals surface area (Å²) in [6, 6.07) is 3.22. The van der Waals surface area contributed by atoms with Gasteiger partial charge < -0.3 is 19.5 Å². The fraction of sp³-hybridized carbons (Fsp3) is 0.188. The SMILES string of the molecule is CS(=O)(=O)Nc1cc2c(cc1OC1=CCOC=C1)CC(NC=O)=CO2. The average molecular weight is 364 g/mol. The van der Waals surface area contributed by atoms with Crippen molar-refractivity contribution in [2.24, 2.45) is 0 Å². The van der Waals surface area contributed by atoms with Crippen molar-refractivity contribution in [1.82, 2.24) is 5.32 Å². The van der Waals surface area contributed by atoms with E-state index >= 15 is 0 Å². The highest BCUT2D eigenvalue weighted by Crippen LogP contribution is 2.37. The third-order valence-electron chi connectivity index (χ3n) is 3.35. The van der Waals surface area contributed by atoms with Gasteiger partial charge in [0.2, 0.25) is 16.4 Å². The number of rotatable bonds is 6. The molecule has 3 rings (SSSR count). The average Bonchev–Trinajstić information content (AvgIpc) is 2.55. The number of anilines is 1. The maximum absolute atomic E-state index is 11.6. The predicted molar refractivity (Wildman–Crippen MR) is 90.3 cm³/mol. The summed E-state index contributed by atoms with van der Waals surface area (Å²) in [4.78, 5) is 10.6. The maximum Gasteiger partial charge on any atom is 0.229 e. The molecule has 0 bridgehead atoms. The highest BCUT2D eigenvalue weighted by Gasteiger charge is 2.19. The summed E-state index contributed by atoms with van der Waals surface area (Å²) in [5, 5.41) is 2.54. The Morgan fingerprint density at radius 3 is 2.84 bits per heavy atom. The van der Waals surface area contributed by atoms with Crippen LogP contribution in [0.5, 0.6) is 11.5 Å². The van der Waals surface area contributed by atoms with Gasteiger partial charge in [0.05, 0.1) is 23.9 Å². The van der Waals surface area contributed by atoms with Gasteiger partial charge >= 0.3 is 0 Å². The molecule has 8 nitrogen and oxygen atoms in total. The van der Waals surface area contributed by atoms with Crippen molar-refractivity contribution < 1.29 is 27.4 Å². The van der Waals surface area contributed by atoms with Crippen molar-refractivity contribution in [1.29, 1.82) is 0 Å². The Morgan fingerprint density at radius 2 is 2.16 bits per heavy atom. The van der Waals surface area contributed by atoms with Gasteiger partial charge in [-0.15, -0.1) is 0 Å². The van der Waals surface area contributed by atoms with Crippen molar-refractivity contribution in [2.75, 3.05) is 17.6 Å². The molecule has 1 aromatic rings. The number of benzene rings is 1. The minimum absolute atomic E-state index is 0.252. The normalized spacial score (nSPS) is 15.7. The molecular weight excluding hydrogens is 348 g/mol. The number of carbonyl (C=O) groups excluding carboxylic acids is 1. The van der Waals surface area contributed by atoms with Gasteiger partial charge in [-0.2, -0.15) is 0 Å². The van der Waals surface area contributed by atoms with Gasteiger partial charge in [0.1, 0.15) is 24.4 Å². The zero-order valence-corrected chi connectivity index (χ0v) is 14.1. The highest BCUT2D eigenvalue weighted by molar-refractivity contribution is 7.92. The van der Waals surface area contributed by atoms with Crippen LogP contribution in [0.2, 0.25) is 0 Å². The standard InChI is InChI=1S/C16H16N2O6S/c1-25(20,21)18-14-8-15-11(6-12(9-23-15)17-10-19)7-16(14)24-13-2-4-22-5-3-13/h2-4,7-10,18H,5-6H2,1H3,(H,17,19). The number of allylic oxidation sites excluding steroid dienone is 2. The Morgan fingerprint density at radius 1 is 1.32 bits per heavy atom. The second kappa shape index (κ2) is 6.89. The van der Waals surface area contributed by atoms with E-state index < -0.39 is 10.0 Å². The minimum atomic E-state index is -3.51.